The normalized spacial score (nSPS) is 34.8. The van der Waals surface area contributed by atoms with Gasteiger partial charge in [0.2, 0.25) is 11.8 Å². The minimum atomic E-state index is -3.91. The lowest BCUT2D eigenvalue weighted by molar-refractivity contribution is -0.148. The van der Waals surface area contributed by atoms with Crippen LogP contribution in [0.2, 0.25) is 0 Å². The summed E-state index contributed by atoms with van der Waals surface area (Å²) in [7, 11) is -2.67. The van der Waals surface area contributed by atoms with Crippen LogP contribution in [0.4, 0.5) is 0 Å². The minimum Gasteiger partial charge on any atom is -0.467 e. The number of ether oxygens (including phenoxy) is 2. The smallest absolute Gasteiger partial charge is 0.332 e. The third-order valence-electron chi connectivity index (χ3n) is 8.38. The molecular weight excluding hydrogens is 582 g/mol. The van der Waals surface area contributed by atoms with Gasteiger partial charge >= 0.3 is 5.97 Å². The number of hydrogen-bond acceptors (Lipinski definition) is 9. The van der Waals surface area contributed by atoms with Crippen molar-refractivity contribution >= 4 is 43.8 Å². The Morgan fingerprint density at radius 1 is 1.18 bits per heavy atom. The lowest BCUT2D eigenvalue weighted by atomic mass is 9.91. The van der Waals surface area contributed by atoms with Crippen molar-refractivity contribution in [3.05, 3.63) is 12.7 Å². The first kappa shape index (κ1) is 29.4. The summed E-state index contributed by atoms with van der Waals surface area (Å²) in [5.74, 6) is -2.02. The molecule has 0 unspecified atom stereocenters. The number of carbonyl (C=O) groups excluding carboxylic acids is 3. The molecule has 2 saturated heterocycles. The van der Waals surface area contributed by atoms with E-state index < -0.39 is 56.9 Å². The van der Waals surface area contributed by atoms with Crippen molar-refractivity contribution in [2.24, 2.45) is 17.6 Å². The van der Waals surface area contributed by atoms with Gasteiger partial charge < -0.3 is 25.4 Å². The molecule has 38 heavy (non-hydrogen) atoms. The van der Waals surface area contributed by atoms with Crippen LogP contribution in [0, 0.1) is 11.8 Å². The van der Waals surface area contributed by atoms with Crippen molar-refractivity contribution in [1.82, 2.24) is 10.2 Å². The third-order valence-corrected chi connectivity index (χ3v) is 11.1. The fourth-order valence-electron chi connectivity index (χ4n) is 5.89. The summed E-state index contributed by atoms with van der Waals surface area (Å²) in [6, 6.07) is -1.91. The third kappa shape index (κ3) is 6.11. The van der Waals surface area contributed by atoms with Gasteiger partial charge in [-0.2, -0.15) is 8.42 Å². The lowest BCUT2D eigenvalue weighted by Crippen LogP contribution is -2.56. The maximum Gasteiger partial charge on any atom is 0.332 e. The van der Waals surface area contributed by atoms with E-state index in [-0.39, 0.29) is 29.6 Å². The fourth-order valence-corrected chi connectivity index (χ4v) is 7.95. The van der Waals surface area contributed by atoms with Crippen LogP contribution in [0.15, 0.2) is 12.7 Å². The number of halogens is 1. The molecule has 0 aromatic carbocycles. The Morgan fingerprint density at radius 3 is 2.42 bits per heavy atom. The average Bonchev–Trinajstić information content (AvgIpc) is 3.47. The molecule has 11 nitrogen and oxygen atoms in total. The van der Waals surface area contributed by atoms with E-state index in [2.05, 4.69) is 27.8 Å². The molecule has 4 aliphatic rings. The van der Waals surface area contributed by atoms with E-state index in [0.717, 1.165) is 12.8 Å². The number of hydrogen-bond donors (Lipinski definition) is 2. The van der Waals surface area contributed by atoms with Crippen LogP contribution in [-0.4, -0.2) is 91.8 Å². The fraction of sp³-hybridized carbons (Fsp3) is 0.800. The molecule has 4 rings (SSSR count). The predicted molar refractivity (Wildman–Crippen MR) is 142 cm³/mol. The number of rotatable bonds is 9. The Balaban J connectivity index is 1.52. The molecule has 0 radical (unpaired) electrons. The molecule has 0 spiro atoms. The average molecular weight is 621 g/mol. The van der Waals surface area contributed by atoms with Crippen molar-refractivity contribution < 1.29 is 36.5 Å². The second-order valence-electron chi connectivity index (χ2n) is 10.8. The molecule has 0 bridgehead atoms. The highest BCUT2D eigenvalue weighted by molar-refractivity contribution is 9.09. The SMILES string of the molecule is C=C[C@@H]1C[C@]1(NC(=O)[C@@H]1C[C@H](OS(=O)(=O)C2CCC(Br)CC2)CN1C(=O)[C@@H](N)C1CCOCC1)C(=O)OC. The van der Waals surface area contributed by atoms with Crippen LogP contribution >= 0.6 is 15.9 Å². The van der Waals surface area contributed by atoms with Gasteiger partial charge in [0.05, 0.1) is 24.5 Å². The molecule has 0 aromatic rings. The number of nitrogens with one attached hydrogen (secondary N) is 1. The van der Waals surface area contributed by atoms with Crippen molar-refractivity contribution in [2.75, 3.05) is 26.9 Å². The number of alkyl halides is 1. The van der Waals surface area contributed by atoms with Crippen LogP contribution in [0.3, 0.4) is 0 Å². The summed E-state index contributed by atoms with van der Waals surface area (Å²) in [6.45, 7) is 4.63. The summed E-state index contributed by atoms with van der Waals surface area (Å²) in [5.41, 5.74) is 5.11. The zero-order valence-electron chi connectivity index (χ0n) is 21.7. The second kappa shape index (κ2) is 11.9. The number of esters is 1. The summed E-state index contributed by atoms with van der Waals surface area (Å²) in [4.78, 5) is 41.2. The van der Waals surface area contributed by atoms with Crippen LogP contribution in [0.5, 0.6) is 0 Å². The minimum absolute atomic E-state index is 0.0267. The van der Waals surface area contributed by atoms with Crippen LogP contribution in [-0.2, 0) is 38.2 Å². The largest absolute Gasteiger partial charge is 0.467 e. The van der Waals surface area contributed by atoms with E-state index in [4.69, 9.17) is 19.4 Å². The first-order valence-electron chi connectivity index (χ1n) is 13.3. The summed E-state index contributed by atoms with van der Waals surface area (Å²) in [6.07, 6.45) is 4.66. The number of carbonyl (C=O) groups is 3. The van der Waals surface area contributed by atoms with Gasteiger partial charge in [0.25, 0.3) is 10.1 Å². The Morgan fingerprint density at radius 2 is 1.84 bits per heavy atom. The van der Waals surface area contributed by atoms with E-state index in [0.29, 0.717) is 45.3 Å². The zero-order chi connectivity index (χ0) is 27.7. The summed E-state index contributed by atoms with van der Waals surface area (Å²) in [5, 5.41) is 2.14. The molecule has 2 aliphatic heterocycles. The highest BCUT2D eigenvalue weighted by Crippen LogP contribution is 2.45. The Hall–Kier alpha value is -1.54. The molecule has 13 heteroatoms. The van der Waals surface area contributed by atoms with Crippen LogP contribution < -0.4 is 11.1 Å². The first-order valence-corrected chi connectivity index (χ1v) is 15.6. The van der Waals surface area contributed by atoms with Gasteiger partial charge in [0, 0.05) is 36.9 Å². The molecule has 2 amide bonds. The van der Waals surface area contributed by atoms with Crippen molar-refractivity contribution in [1.29, 1.82) is 0 Å². The molecule has 0 aromatic heterocycles. The van der Waals surface area contributed by atoms with E-state index in [1.54, 1.807) is 6.08 Å². The van der Waals surface area contributed by atoms with Gasteiger partial charge in [-0.3, -0.25) is 13.8 Å². The van der Waals surface area contributed by atoms with Gasteiger partial charge in [-0.1, -0.05) is 22.0 Å². The number of methoxy groups -OCH3 is 1. The maximum atomic E-state index is 13.6. The van der Waals surface area contributed by atoms with Gasteiger partial charge in [-0.25, -0.2) is 4.79 Å². The van der Waals surface area contributed by atoms with Gasteiger partial charge in [0.15, 0.2) is 0 Å². The van der Waals surface area contributed by atoms with Crippen LogP contribution in [0.25, 0.3) is 0 Å². The van der Waals surface area contributed by atoms with Crippen molar-refractivity contribution in [3.63, 3.8) is 0 Å². The highest BCUT2D eigenvalue weighted by atomic mass is 79.9. The zero-order valence-corrected chi connectivity index (χ0v) is 24.1. The monoisotopic (exact) mass is 619 g/mol. The highest BCUT2D eigenvalue weighted by Gasteiger charge is 2.62. The number of amides is 2. The van der Waals surface area contributed by atoms with E-state index in [9.17, 15) is 22.8 Å². The Labute approximate surface area is 232 Å². The van der Waals surface area contributed by atoms with Gasteiger partial charge in [-0.05, 0) is 50.9 Å². The lowest BCUT2D eigenvalue weighted by Gasteiger charge is -2.32. The Kier molecular flexibility index (Phi) is 9.23. The van der Waals surface area contributed by atoms with Crippen molar-refractivity contribution in [3.8, 4) is 0 Å². The molecule has 2 saturated carbocycles. The van der Waals surface area contributed by atoms with Gasteiger partial charge in [-0.15, -0.1) is 6.58 Å². The first-order chi connectivity index (χ1) is 18.0. The standard InChI is InChI=1S/C25H38BrN3O8S/c1-3-16-13-25(16,24(32)35-2)28-22(30)20-12-18(37-38(33,34)19-6-4-17(26)5-7-19)14-29(20)23(31)21(27)15-8-10-36-11-9-15/h3,15-21H,1,4-14,27H2,2H3,(H,28,30)/t16-,17?,18+,19?,20+,21+,25-/m1/s1. The molecule has 3 N–H and O–H groups in total. The molecule has 2 heterocycles. The van der Waals surface area contributed by atoms with E-state index in [1.807, 2.05) is 0 Å². The maximum absolute atomic E-state index is 13.6. The summed E-state index contributed by atoms with van der Waals surface area (Å²) >= 11 is 3.54. The molecule has 214 valence electrons. The van der Waals surface area contributed by atoms with E-state index >= 15 is 0 Å². The number of nitrogens with two attached hydrogens (primary N) is 1. The van der Waals surface area contributed by atoms with Crippen molar-refractivity contribution in [2.45, 2.75) is 85.2 Å². The second-order valence-corrected chi connectivity index (χ2v) is 13.9. The van der Waals surface area contributed by atoms with Crippen LogP contribution in [0.1, 0.15) is 51.4 Å². The molecule has 2 aliphatic carbocycles. The number of nitrogens with zero attached hydrogens (tertiary/aromatic N) is 1. The van der Waals surface area contributed by atoms with E-state index in [1.165, 1.54) is 12.0 Å². The summed E-state index contributed by atoms with van der Waals surface area (Å²) < 4.78 is 42.1. The molecule has 5 atom stereocenters. The topological polar surface area (TPSA) is 154 Å². The number of likely N-dealkylation sites (tertiary alicyclic amines) is 1. The Bertz CT molecular complexity index is 1030. The predicted octanol–water partition coefficient (Wildman–Crippen LogP) is 0.996. The molecule has 4 fully saturated rings. The molecular formula is C25H38BrN3O8S. The quantitative estimate of drug-likeness (QED) is 0.166. The van der Waals surface area contributed by atoms with Gasteiger partial charge in [0.1, 0.15) is 11.6 Å².